The number of aryl methyl sites for hydroxylation is 1. The van der Waals surface area contributed by atoms with Crippen LogP contribution in [0, 0.1) is 6.92 Å². The van der Waals surface area contributed by atoms with Gasteiger partial charge in [0.25, 0.3) is 0 Å². The van der Waals surface area contributed by atoms with Crippen LogP contribution in [-0.4, -0.2) is 48.2 Å². The zero-order valence-electron chi connectivity index (χ0n) is 12.3. The lowest BCUT2D eigenvalue weighted by molar-refractivity contribution is 0.0701. The molecule has 21 heavy (non-hydrogen) atoms. The highest BCUT2D eigenvalue weighted by molar-refractivity contribution is 7.17. The fraction of sp³-hybridized carbons (Fsp3) is 0.333. The first-order valence-electron chi connectivity index (χ1n) is 6.56. The van der Waals surface area contributed by atoms with E-state index in [9.17, 15) is 4.79 Å². The van der Waals surface area contributed by atoms with Gasteiger partial charge in [-0.3, -0.25) is 0 Å². The molecule has 0 fully saturated rings. The minimum Gasteiger partial charge on any atom is -0.492 e. The van der Waals surface area contributed by atoms with E-state index >= 15 is 0 Å². The first-order chi connectivity index (χ1) is 9.97. The number of aromatic nitrogens is 1. The van der Waals surface area contributed by atoms with Crippen LogP contribution in [0.2, 0.25) is 0 Å². The summed E-state index contributed by atoms with van der Waals surface area (Å²) in [5, 5.41) is 9.77. The van der Waals surface area contributed by atoms with Gasteiger partial charge >= 0.3 is 5.97 Å². The molecule has 0 spiro atoms. The Morgan fingerprint density at radius 1 is 1.33 bits per heavy atom. The monoisotopic (exact) mass is 306 g/mol. The summed E-state index contributed by atoms with van der Waals surface area (Å²) in [6.07, 6.45) is 0. The quantitative estimate of drug-likeness (QED) is 0.889. The molecule has 0 radical (unpaired) electrons. The number of carboxylic acids is 1. The Bertz CT molecular complexity index is 620. The third kappa shape index (κ3) is 4.03. The lowest BCUT2D eigenvalue weighted by Gasteiger charge is -2.11. The molecule has 0 saturated heterocycles. The van der Waals surface area contributed by atoms with Crippen LogP contribution in [0.25, 0.3) is 10.6 Å². The highest BCUT2D eigenvalue weighted by Crippen LogP contribution is 2.29. The average Bonchev–Trinajstić information content (AvgIpc) is 2.81. The van der Waals surface area contributed by atoms with E-state index in [1.807, 2.05) is 38.4 Å². The Kier molecular flexibility index (Phi) is 4.93. The number of nitrogens with zero attached hydrogens (tertiary/aromatic N) is 2. The number of carboxylic acid groups (broad SMARTS) is 1. The predicted molar refractivity (Wildman–Crippen MR) is 83.3 cm³/mol. The van der Waals surface area contributed by atoms with Crippen LogP contribution in [0.5, 0.6) is 5.75 Å². The van der Waals surface area contributed by atoms with Crippen LogP contribution in [0.3, 0.4) is 0 Å². The van der Waals surface area contributed by atoms with Gasteiger partial charge in [0.2, 0.25) is 0 Å². The number of rotatable bonds is 6. The molecule has 1 aromatic carbocycles. The average molecular weight is 306 g/mol. The summed E-state index contributed by atoms with van der Waals surface area (Å²) < 4.78 is 5.62. The van der Waals surface area contributed by atoms with Gasteiger partial charge in [-0.05, 0) is 45.3 Å². The maximum absolute atomic E-state index is 11.0. The minimum atomic E-state index is -0.931. The van der Waals surface area contributed by atoms with Crippen molar-refractivity contribution in [3.8, 4) is 16.3 Å². The van der Waals surface area contributed by atoms with Crippen molar-refractivity contribution in [1.82, 2.24) is 9.88 Å². The van der Waals surface area contributed by atoms with Gasteiger partial charge in [0.15, 0.2) is 0 Å². The minimum absolute atomic E-state index is 0.288. The Balaban J connectivity index is 2.08. The summed E-state index contributed by atoms with van der Waals surface area (Å²) in [6.45, 7) is 3.20. The first-order valence-corrected chi connectivity index (χ1v) is 7.37. The normalized spacial score (nSPS) is 10.9. The summed E-state index contributed by atoms with van der Waals surface area (Å²) in [6, 6.07) is 7.55. The highest BCUT2D eigenvalue weighted by atomic mass is 32.1. The van der Waals surface area contributed by atoms with Crippen LogP contribution >= 0.6 is 11.3 Å². The molecule has 112 valence electrons. The van der Waals surface area contributed by atoms with E-state index in [1.54, 1.807) is 6.92 Å². The second kappa shape index (κ2) is 6.69. The van der Waals surface area contributed by atoms with Crippen molar-refractivity contribution in [3.05, 3.63) is 34.8 Å². The smallest absolute Gasteiger partial charge is 0.347 e. The Hall–Kier alpha value is -1.92. The lowest BCUT2D eigenvalue weighted by atomic mass is 10.2. The summed E-state index contributed by atoms with van der Waals surface area (Å²) >= 11 is 1.19. The van der Waals surface area contributed by atoms with E-state index in [1.165, 1.54) is 11.3 Å². The number of carbonyl (C=O) groups is 1. The number of thiazole rings is 1. The molecule has 6 heteroatoms. The van der Waals surface area contributed by atoms with Crippen LogP contribution in [0.4, 0.5) is 0 Å². The molecule has 1 heterocycles. The van der Waals surface area contributed by atoms with E-state index in [0.29, 0.717) is 17.3 Å². The molecule has 0 bridgehead atoms. The van der Waals surface area contributed by atoms with Gasteiger partial charge < -0.3 is 14.7 Å². The van der Waals surface area contributed by atoms with Gasteiger partial charge in [-0.2, -0.15) is 0 Å². The van der Waals surface area contributed by atoms with Crippen LogP contribution < -0.4 is 4.74 Å². The third-order valence-corrected chi connectivity index (χ3v) is 4.09. The number of hydrogen-bond donors (Lipinski definition) is 1. The summed E-state index contributed by atoms with van der Waals surface area (Å²) in [5.74, 6) is -0.132. The van der Waals surface area contributed by atoms with Gasteiger partial charge in [-0.15, -0.1) is 11.3 Å². The molecule has 0 aliphatic rings. The van der Waals surface area contributed by atoms with Gasteiger partial charge in [-0.25, -0.2) is 9.78 Å². The molecule has 0 aliphatic heterocycles. The van der Waals surface area contributed by atoms with Crippen LogP contribution in [0.15, 0.2) is 24.3 Å². The maximum atomic E-state index is 11.0. The summed E-state index contributed by atoms with van der Waals surface area (Å²) in [4.78, 5) is 17.7. The molecule has 2 rings (SSSR count). The zero-order chi connectivity index (χ0) is 15.4. The Labute approximate surface area is 127 Å². The Morgan fingerprint density at radius 2 is 2.00 bits per heavy atom. The van der Waals surface area contributed by atoms with E-state index in [0.717, 1.165) is 17.9 Å². The highest BCUT2D eigenvalue weighted by Gasteiger charge is 2.14. The van der Waals surface area contributed by atoms with E-state index in [-0.39, 0.29) is 4.88 Å². The van der Waals surface area contributed by atoms with Crippen molar-refractivity contribution in [2.75, 3.05) is 27.2 Å². The van der Waals surface area contributed by atoms with E-state index < -0.39 is 5.97 Å². The number of benzene rings is 1. The largest absolute Gasteiger partial charge is 0.492 e. The zero-order valence-corrected chi connectivity index (χ0v) is 13.1. The summed E-state index contributed by atoms with van der Waals surface area (Å²) in [7, 11) is 3.99. The second-order valence-corrected chi connectivity index (χ2v) is 5.91. The molecule has 0 aliphatic carbocycles. The molecule has 1 N–H and O–H groups in total. The van der Waals surface area contributed by atoms with Gasteiger partial charge in [0.05, 0.1) is 5.69 Å². The fourth-order valence-corrected chi connectivity index (χ4v) is 2.67. The SMILES string of the molecule is Cc1nc(-c2ccc(OCCN(C)C)cc2)sc1C(=O)O. The van der Waals surface area contributed by atoms with Crippen LogP contribution in [0.1, 0.15) is 15.4 Å². The molecular weight excluding hydrogens is 288 g/mol. The number of hydrogen-bond acceptors (Lipinski definition) is 5. The lowest BCUT2D eigenvalue weighted by Crippen LogP contribution is -2.19. The number of ether oxygens (including phenoxy) is 1. The molecule has 0 saturated carbocycles. The Morgan fingerprint density at radius 3 is 2.52 bits per heavy atom. The number of aromatic carboxylic acids is 1. The van der Waals surface area contributed by atoms with Crippen molar-refractivity contribution < 1.29 is 14.6 Å². The summed E-state index contributed by atoms with van der Waals surface area (Å²) in [5.41, 5.74) is 1.45. The number of likely N-dealkylation sites (N-methyl/N-ethyl adjacent to an activating group) is 1. The van der Waals surface area contributed by atoms with Crippen molar-refractivity contribution >= 4 is 17.3 Å². The van der Waals surface area contributed by atoms with E-state index in [2.05, 4.69) is 9.88 Å². The molecule has 0 atom stereocenters. The molecule has 2 aromatic rings. The van der Waals surface area contributed by atoms with Gasteiger partial charge in [-0.1, -0.05) is 0 Å². The van der Waals surface area contributed by atoms with Crippen LogP contribution in [-0.2, 0) is 0 Å². The van der Waals surface area contributed by atoms with E-state index in [4.69, 9.17) is 9.84 Å². The molecular formula is C15H18N2O3S. The third-order valence-electron chi connectivity index (χ3n) is 2.90. The van der Waals surface area contributed by atoms with Gasteiger partial charge in [0, 0.05) is 12.1 Å². The fourth-order valence-electron chi connectivity index (χ4n) is 1.76. The standard InChI is InChI=1S/C15H18N2O3S/c1-10-13(15(18)19)21-14(16-10)11-4-6-12(7-5-11)20-9-8-17(2)3/h4-7H,8-9H2,1-3H3,(H,18,19). The van der Waals surface area contributed by atoms with Crippen molar-refractivity contribution in [2.45, 2.75) is 6.92 Å². The van der Waals surface area contributed by atoms with Crippen molar-refractivity contribution in [3.63, 3.8) is 0 Å². The predicted octanol–water partition coefficient (Wildman–Crippen LogP) is 2.76. The molecule has 0 amide bonds. The molecule has 5 nitrogen and oxygen atoms in total. The second-order valence-electron chi connectivity index (χ2n) is 4.91. The maximum Gasteiger partial charge on any atom is 0.347 e. The van der Waals surface area contributed by atoms with Crippen molar-refractivity contribution in [1.29, 1.82) is 0 Å². The first kappa shape index (κ1) is 15.5. The van der Waals surface area contributed by atoms with Crippen molar-refractivity contribution in [2.24, 2.45) is 0 Å². The topological polar surface area (TPSA) is 62.7 Å². The van der Waals surface area contributed by atoms with Gasteiger partial charge in [0.1, 0.15) is 22.2 Å². The molecule has 1 aromatic heterocycles. The molecule has 0 unspecified atom stereocenters.